The highest BCUT2D eigenvalue weighted by Gasteiger charge is 2.10. The van der Waals surface area contributed by atoms with Crippen molar-refractivity contribution in [2.45, 2.75) is 13.5 Å². The molecule has 3 rings (SSSR count). The molecule has 1 N–H and O–H groups in total. The van der Waals surface area contributed by atoms with E-state index in [2.05, 4.69) is 44.7 Å². The van der Waals surface area contributed by atoms with Gasteiger partial charge in [-0.05, 0) is 24.6 Å². The molecule has 2 aromatic rings. The van der Waals surface area contributed by atoms with Crippen molar-refractivity contribution in [1.29, 1.82) is 0 Å². The summed E-state index contributed by atoms with van der Waals surface area (Å²) in [4.78, 5) is 2.42. The standard InChI is InChI=1S/C14H18N4OS/c1-11-16-17-14(20-11)15-13-4-2-12(3-5-13)10-18-6-8-19-9-7-18/h2-5H,6-10H2,1H3,(H,15,17). The van der Waals surface area contributed by atoms with Crippen LogP contribution < -0.4 is 5.32 Å². The average Bonchev–Trinajstić information content (AvgIpc) is 2.88. The van der Waals surface area contributed by atoms with Crippen molar-refractivity contribution in [2.24, 2.45) is 0 Å². The van der Waals surface area contributed by atoms with Crippen LogP contribution in [-0.2, 0) is 11.3 Å². The Bertz CT molecular complexity index is 549. The monoisotopic (exact) mass is 290 g/mol. The third-order valence-electron chi connectivity index (χ3n) is 3.24. The van der Waals surface area contributed by atoms with Crippen LogP contribution in [0.25, 0.3) is 0 Å². The SMILES string of the molecule is Cc1nnc(Nc2ccc(CN3CCOCC3)cc2)s1. The lowest BCUT2D eigenvalue weighted by Crippen LogP contribution is -2.35. The number of morpholine rings is 1. The predicted octanol–water partition coefficient (Wildman–Crippen LogP) is 2.42. The van der Waals surface area contributed by atoms with Crippen molar-refractivity contribution in [3.8, 4) is 0 Å². The Kier molecular flexibility index (Phi) is 4.25. The van der Waals surface area contributed by atoms with Crippen molar-refractivity contribution in [3.63, 3.8) is 0 Å². The molecule has 2 heterocycles. The van der Waals surface area contributed by atoms with E-state index in [0.29, 0.717) is 0 Å². The molecule has 0 atom stereocenters. The lowest BCUT2D eigenvalue weighted by Gasteiger charge is -2.26. The molecule has 1 aromatic heterocycles. The number of hydrogen-bond acceptors (Lipinski definition) is 6. The van der Waals surface area contributed by atoms with Crippen molar-refractivity contribution in [1.82, 2.24) is 15.1 Å². The largest absolute Gasteiger partial charge is 0.379 e. The fourth-order valence-electron chi connectivity index (χ4n) is 2.18. The number of rotatable bonds is 4. The number of nitrogens with one attached hydrogen (secondary N) is 1. The molecule has 1 aliphatic rings. The number of hydrogen-bond donors (Lipinski definition) is 1. The molecule has 1 aliphatic heterocycles. The Morgan fingerprint density at radius 2 is 1.95 bits per heavy atom. The summed E-state index contributed by atoms with van der Waals surface area (Å²) in [5.41, 5.74) is 2.37. The van der Waals surface area contributed by atoms with Gasteiger partial charge in [0.15, 0.2) is 0 Å². The first kappa shape index (κ1) is 13.5. The van der Waals surface area contributed by atoms with Crippen LogP contribution in [0.15, 0.2) is 24.3 Å². The first-order valence-electron chi connectivity index (χ1n) is 6.76. The Hall–Kier alpha value is -1.50. The number of nitrogens with zero attached hydrogens (tertiary/aromatic N) is 3. The maximum atomic E-state index is 5.36. The molecule has 106 valence electrons. The van der Waals surface area contributed by atoms with E-state index in [9.17, 15) is 0 Å². The van der Waals surface area contributed by atoms with Crippen molar-refractivity contribution in [2.75, 3.05) is 31.6 Å². The second-order valence-corrected chi connectivity index (χ2v) is 6.02. The zero-order chi connectivity index (χ0) is 13.8. The van der Waals surface area contributed by atoms with Gasteiger partial charge in [-0.3, -0.25) is 4.90 Å². The zero-order valence-electron chi connectivity index (χ0n) is 11.5. The first-order chi connectivity index (χ1) is 9.79. The predicted molar refractivity (Wildman–Crippen MR) is 80.5 cm³/mol. The Labute approximate surface area is 122 Å². The van der Waals surface area contributed by atoms with E-state index in [1.165, 1.54) is 5.56 Å². The molecule has 0 amide bonds. The van der Waals surface area contributed by atoms with Crippen LogP contribution in [0.4, 0.5) is 10.8 Å². The van der Waals surface area contributed by atoms with E-state index in [4.69, 9.17) is 4.74 Å². The summed E-state index contributed by atoms with van der Waals surface area (Å²) in [6.45, 7) is 6.66. The fraction of sp³-hybridized carbons (Fsp3) is 0.429. The molecule has 0 bridgehead atoms. The fourth-order valence-corrected chi connectivity index (χ4v) is 2.79. The molecular weight excluding hydrogens is 272 g/mol. The van der Waals surface area contributed by atoms with Gasteiger partial charge in [0.25, 0.3) is 0 Å². The normalized spacial score (nSPS) is 16.2. The Morgan fingerprint density at radius 3 is 2.60 bits per heavy atom. The van der Waals surface area contributed by atoms with Gasteiger partial charge in [-0.1, -0.05) is 23.5 Å². The number of aryl methyl sites for hydroxylation is 1. The van der Waals surface area contributed by atoms with Gasteiger partial charge < -0.3 is 10.1 Å². The van der Waals surface area contributed by atoms with Gasteiger partial charge in [-0.15, -0.1) is 10.2 Å². The summed E-state index contributed by atoms with van der Waals surface area (Å²) in [5.74, 6) is 0. The lowest BCUT2D eigenvalue weighted by atomic mass is 10.2. The van der Waals surface area contributed by atoms with Gasteiger partial charge in [0.1, 0.15) is 5.01 Å². The second-order valence-electron chi connectivity index (χ2n) is 4.84. The van der Waals surface area contributed by atoms with Crippen LogP contribution in [0.3, 0.4) is 0 Å². The van der Waals surface area contributed by atoms with E-state index in [1.807, 2.05) is 6.92 Å². The quantitative estimate of drug-likeness (QED) is 0.937. The molecule has 20 heavy (non-hydrogen) atoms. The number of anilines is 2. The van der Waals surface area contributed by atoms with Crippen LogP contribution in [0.2, 0.25) is 0 Å². The summed E-state index contributed by atoms with van der Waals surface area (Å²) < 4.78 is 5.36. The summed E-state index contributed by atoms with van der Waals surface area (Å²) in [5, 5.41) is 13.1. The summed E-state index contributed by atoms with van der Waals surface area (Å²) >= 11 is 1.56. The molecule has 1 aromatic carbocycles. The molecule has 5 nitrogen and oxygen atoms in total. The minimum Gasteiger partial charge on any atom is -0.379 e. The smallest absolute Gasteiger partial charge is 0.210 e. The van der Waals surface area contributed by atoms with E-state index < -0.39 is 0 Å². The maximum Gasteiger partial charge on any atom is 0.210 e. The van der Waals surface area contributed by atoms with Gasteiger partial charge >= 0.3 is 0 Å². The van der Waals surface area contributed by atoms with Crippen LogP contribution >= 0.6 is 11.3 Å². The minimum atomic E-state index is 0.837. The maximum absolute atomic E-state index is 5.36. The lowest BCUT2D eigenvalue weighted by molar-refractivity contribution is 0.0342. The van der Waals surface area contributed by atoms with Crippen LogP contribution in [0, 0.1) is 6.92 Å². The van der Waals surface area contributed by atoms with Crippen LogP contribution in [-0.4, -0.2) is 41.4 Å². The molecule has 1 fully saturated rings. The topological polar surface area (TPSA) is 50.3 Å². The number of ether oxygens (including phenoxy) is 1. The van der Waals surface area contributed by atoms with Gasteiger partial charge in [-0.2, -0.15) is 0 Å². The summed E-state index contributed by atoms with van der Waals surface area (Å²) in [6, 6.07) is 8.50. The highest BCUT2D eigenvalue weighted by Crippen LogP contribution is 2.20. The van der Waals surface area contributed by atoms with Crippen molar-refractivity contribution < 1.29 is 4.74 Å². The summed E-state index contributed by atoms with van der Waals surface area (Å²) in [6.07, 6.45) is 0. The number of aromatic nitrogens is 2. The van der Waals surface area contributed by atoms with Crippen LogP contribution in [0.1, 0.15) is 10.6 Å². The van der Waals surface area contributed by atoms with Gasteiger partial charge in [0.2, 0.25) is 5.13 Å². The van der Waals surface area contributed by atoms with E-state index in [-0.39, 0.29) is 0 Å². The molecule has 0 radical (unpaired) electrons. The highest BCUT2D eigenvalue weighted by molar-refractivity contribution is 7.15. The van der Waals surface area contributed by atoms with E-state index in [0.717, 1.165) is 48.7 Å². The van der Waals surface area contributed by atoms with Crippen LogP contribution in [0.5, 0.6) is 0 Å². The van der Waals surface area contributed by atoms with Gasteiger partial charge in [-0.25, -0.2) is 0 Å². The molecular formula is C14H18N4OS. The summed E-state index contributed by atoms with van der Waals surface area (Å²) in [7, 11) is 0. The van der Waals surface area contributed by atoms with E-state index >= 15 is 0 Å². The van der Waals surface area contributed by atoms with Gasteiger partial charge in [0, 0.05) is 25.3 Å². The Balaban J connectivity index is 1.59. The van der Waals surface area contributed by atoms with E-state index in [1.54, 1.807) is 11.3 Å². The molecule has 0 saturated carbocycles. The molecule has 0 aliphatic carbocycles. The molecule has 0 spiro atoms. The third-order valence-corrected chi connectivity index (χ3v) is 4.00. The minimum absolute atomic E-state index is 0.837. The molecule has 6 heteroatoms. The average molecular weight is 290 g/mol. The molecule has 1 saturated heterocycles. The molecule has 0 unspecified atom stereocenters. The highest BCUT2D eigenvalue weighted by atomic mass is 32.1. The Morgan fingerprint density at radius 1 is 1.20 bits per heavy atom. The van der Waals surface area contributed by atoms with Gasteiger partial charge in [0.05, 0.1) is 13.2 Å². The van der Waals surface area contributed by atoms with Crippen molar-refractivity contribution >= 4 is 22.2 Å². The third kappa shape index (κ3) is 3.53. The zero-order valence-corrected chi connectivity index (χ0v) is 12.3. The van der Waals surface area contributed by atoms with Crippen molar-refractivity contribution in [3.05, 3.63) is 34.8 Å². The number of benzene rings is 1. The second kappa shape index (κ2) is 6.30. The first-order valence-corrected chi connectivity index (χ1v) is 7.57.